The van der Waals surface area contributed by atoms with Crippen molar-refractivity contribution in [1.82, 2.24) is 0 Å². The van der Waals surface area contributed by atoms with Gasteiger partial charge in [0, 0.05) is 43.9 Å². The first-order chi connectivity index (χ1) is 28.5. The van der Waals surface area contributed by atoms with Crippen LogP contribution in [0.25, 0.3) is 88.0 Å². The third kappa shape index (κ3) is 4.74. The molecule has 0 saturated heterocycles. The lowest BCUT2D eigenvalue weighted by molar-refractivity contribution is 0.660. The largest absolute Gasteiger partial charge is 0.455 e. The molecule has 0 fully saturated rings. The van der Waals surface area contributed by atoms with Crippen LogP contribution in [0.5, 0.6) is 0 Å². The lowest BCUT2D eigenvalue weighted by atomic mass is 9.82. The van der Waals surface area contributed by atoms with Gasteiger partial charge in [-0.2, -0.15) is 0 Å². The molecule has 0 atom stereocenters. The van der Waals surface area contributed by atoms with E-state index in [1.54, 1.807) is 0 Å². The van der Waals surface area contributed by atoms with E-state index in [4.69, 9.17) is 8.83 Å². The molecule has 58 heavy (non-hydrogen) atoms. The molecular formula is C55H37NO2. The molecule has 2 aromatic heterocycles. The zero-order valence-corrected chi connectivity index (χ0v) is 32.2. The van der Waals surface area contributed by atoms with Gasteiger partial charge >= 0.3 is 0 Å². The molecule has 1 aliphatic rings. The molecule has 0 spiro atoms. The third-order valence-corrected chi connectivity index (χ3v) is 12.5. The number of furan rings is 2. The molecule has 3 heteroatoms. The third-order valence-electron chi connectivity index (χ3n) is 12.5. The summed E-state index contributed by atoms with van der Waals surface area (Å²) in [5.41, 5.74) is 16.5. The van der Waals surface area contributed by atoms with Crippen molar-refractivity contribution in [2.24, 2.45) is 0 Å². The van der Waals surface area contributed by atoms with E-state index < -0.39 is 0 Å². The second kappa shape index (κ2) is 12.3. The summed E-state index contributed by atoms with van der Waals surface area (Å²) < 4.78 is 13.7. The Hall–Kier alpha value is -7.36. The monoisotopic (exact) mass is 743 g/mol. The Morgan fingerprint density at radius 2 is 1.05 bits per heavy atom. The second-order valence-corrected chi connectivity index (χ2v) is 16.0. The van der Waals surface area contributed by atoms with Crippen LogP contribution in [0.4, 0.5) is 17.1 Å². The van der Waals surface area contributed by atoms with E-state index in [9.17, 15) is 0 Å². The molecule has 12 rings (SSSR count). The highest BCUT2D eigenvalue weighted by Crippen LogP contribution is 2.52. The summed E-state index contributed by atoms with van der Waals surface area (Å²) in [6.45, 7) is 4.69. The van der Waals surface area contributed by atoms with Crippen molar-refractivity contribution in [1.29, 1.82) is 0 Å². The van der Waals surface area contributed by atoms with Gasteiger partial charge in [-0.1, -0.05) is 147 Å². The molecular weight excluding hydrogens is 707 g/mol. The van der Waals surface area contributed by atoms with E-state index in [1.165, 1.54) is 33.4 Å². The van der Waals surface area contributed by atoms with Crippen molar-refractivity contribution < 1.29 is 8.83 Å². The Morgan fingerprint density at radius 3 is 1.91 bits per heavy atom. The Kier molecular flexibility index (Phi) is 6.98. The van der Waals surface area contributed by atoms with E-state index in [0.29, 0.717) is 0 Å². The van der Waals surface area contributed by atoms with E-state index >= 15 is 0 Å². The summed E-state index contributed by atoms with van der Waals surface area (Å²) in [5.74, 6) is 0. The van der Waals surface area contributed by atoms with Gasteiger partial charge in [-0.15, -0.1) is 0 Å². The van der Waals surface area contributed by atoms with Crippen molar-refractivity contribution in [3.63, 3.8) is 0 Å². The van der Waals surface area contributed by atoms with Gasteiger partial charge in [0.05, 0.1) is 11.1 Å². The summed E-state index contributed by atoms with van der Waals surface area (Å²) >= 11 is 0. The zero-order chi connectivity index (χ0) is 38.5. The van der Waals surface area contributed by atoms with E-state index in [1.807, 2.05) is 0 Å². The van der Waals surface area contributed by atoms with Crippen LogP contribution in [-0.2, 0) is 5.41 Å². The lowest BCUT2D eigenvalue weighted by Gasteiger charge is -2.28. The number of benzene rings is 9. The zero-order valence-electron chi connectivity index (χ0n) is 32.2. The molecule has 0 aliphatic heterocycles. The first-order valence-electron chi connectivity index (χ1n) is 20.0. The van der Waals surface area contributed by atoms with Crippen molar-refractivity contribution in [3.05, 3.63) is 199 Å². The van der Waals surface area contributed by atoms with Crippen molar-refractivity contribution in [2.45, 2.75) is 19.3 Å². The van der Waals surface area contributed by atoms with Crippen LogP contribution in [0.2, 0.25) is 0 Å². The molecule has 0 N–H and O–H groups in total. The SMILES string of the molecule is CC1(C)c2ccccc2-c2ccc(N(c3ccccc3)c3cccc4oc5c6ccccc6c(-c6cccc7c6oc6ccc(-c8ccccc8)cc67)cc5c34)cc21. The van der Waals surface area contributed by atoms with Gasteiger partial charge in [0.2, 0.25) is 0 Å². The maximum atomic E-state index is 6.91. The van der Waals surface area contributed by atoms with Crippen molar-refractivity contribution >= 4 is 71.7 Å². The smallest absolute Gasteiger partial charge is 0.143 e. The van der Waals surface area contributed by atoms with Crippen LogP contribution >= 0.6 is 0 Å². The summed E-state index contributed by atoms with van der Waals surface area (Å²) in [5, 5.41) is 6.53. The van der Waals surface area contributed by atoms with Crippen molar-refractivity contribution in [2.75, 3.05) is 4.90 Å². The molecule has 0 amide bonds. The molecule has 0 radical (unpaired) electrons. The summed E-state index contributed by atoms with van der Waals surface area (Å²) in [6, 6.07) is 67.5. The Labute approximate surface area is 336 Å². The average Bonchev–Trinajstić information content (AvgIpc) is 3.92. The van der Waals surface area contributed by atoms with Gasteiger partial charge in [-0.25, -0.2) is 0 Å². The van der Waals surface area contributed by atoms with Gasteiger partial charge < -0.3 is 13.7 Å². The second-order valence-electron chi connectivity index (χ2n) is 16.0. The summed E-state index contributed by atoms with van der Waals surface area (Å²) in [6.07, 6.45) is 0. The molecule has 3 nitrogen and oxygen atoms in total. The van der Waals surface area contributed by atoms with Gasteiger partial charge in [0.1, 0.15) is 22.3 Å². The minimum atomic E-state index is -0.132. The highest BCUT2D eigenvalue weighted by molar-refractivity contribution is 6.24. The van der Waals surface area contributed by atoms with Gasteiger partial charge in [0.15, 0.2) is 0 Å². The number of rotatable bonds is 5. The lowest BCUT2D eigenvalue weighted by Crippen LogP contribution is -2.16. The Morgan fingerprint density at radius 1 is 0.379 bits per heavy atom. The van der Waals surface area contributed by atoms with Gasteiger partial charge in [0.25, 0.3) is 0 Å². The van der Waals surface area contributed by atoms with Crippen LogP contribution in [0.1, 0.15) is 25.0 Å². The number of hydrogen-bond acceptors (Lipinski definition) is 3. The van der Waals surface area contributed by atoms with Gasteiger partial charge in [-0.3, -0.25) is 0 Å². The normalized spacial score (nSPS) is 13.1. The fourth-order valence-corrected chi connectivity index (χ4v) is 9.70. The summed E-state index contributed by atoms with van der Waals surface area (Å²) in [4.78, 5) is 2.40. The van der Waals surface area contributed by atoms with E-state index in [-0.39, 0.29) is 5.41 Å². The quantitative estimate of drug-likeness (QED) is 0.176. The molecule has 274 valence electrons. The topological polar surface area (TPSA) is 29.5 Å². The van der Waals surface area contributed by atoms with Crippen molar-refractivity contribution in [3.8, 4) is 33.4 Å². The highest BCUT2D eigenvalue weighted by atomic mass is 16.3. The molecule has 0 unspecified atom stereocenters. The maximum absolute atomic E-state index is 6.91. The van der Waals surface area contributed by atoms with Crippen LogP contribution in [0.15, 0.2) is 197 Å². The number of anilines is 3. The Bertz CT molecular complexity index is 3430. The standard InChI is InChI=1S/C55H37NO2/c1-55(2)47-24-12-11-20-39(47)40-29-28-37(32-48(40)55)56(36-17-7-4-8-18-36)49-25-14-26-51-52(49)46-33-44(38-19-9-10-21-41(38)54(46)58-51)42-22-13-23-43-45-31-35(34-15-5-3-6-16-34)27-30-50(45)57-53(42)43/h3-33H,1-2H3. The molecule has 9 aromatic carbocycles. The average molecular weight is 744 g/mol. The molecule has 2 heterocycles. The molecule has 0 saturated carbocycles. The number of nitrogens with zero attached hydrogens (tertiary/aromatic N) is 1. The highest BCUT2D eigenvalue weighted by Gasteiger charge is 2.36. The fourth-order valence-electron chi connectivity index (χ4n) is 9.70. The fraction of sp³-hybridized carbons (Fsp3) is 0.0545. The molecule has 1 aliphatic carbocycles. The minimum absolute atomic E-state index is 0.132. The predicted octanol–water partition coefficient (Wildman–Crippen LogP) is 15.7. The maximum Gasteiger partial charge on any atom is 0.143 e. The minimum Gasteiger partial charge on any atom is -0.455 e. The first-order valence-corrected chi connectivity index (χ1v) is 20.0. The molecule has 0 bridgehead atoms. The van der Waals surface area contributed by atoms with Crippen LogP contribution < -0.4 is 4.90 Å². The van der Waals surface area contributed by atoms with Gasteiger partial charge in [-0.05, 0) is 98.9 Å². The Balaban J connectivity index is 1.10. The number of hydrogen-bond donors (Lipinski definition) is 0. The first kappa shape index (κ1) is 32.8. The van der Waals surface area contributed by atoms with E-state index in [0.717, 1.165) is 82.8 Å². The predicted molar refractivity (Wildman–Crippen MR) is 242 cm³/mol. The molecule has 11 aromatic rings. The van der Waals surface area contributed by atoms with Crippen LogP contribution in [-0.4, -0.2) is 0 Å². The van der Waals surface area contributed by atoms with Crippen LogP contribution in [0, 0.1) is 0 Å². The summed E-state index contributed by atoms with van der Waals surface area (Å²) in [7, 11) is 0. The van der Waals surface area contributed by atoms with E-state index in [2.05, 4.69) is 207 Å². The number of fused-ring (bicyclic) bond motifs is 11. The van der Waals surface area contributed by atoms with Crippen LogP contribution in [0.3, 0.4) is 0 Å². The number of para-hydroxylation sites is 2.